The van der Waals surface area contributed by atoms with E-state index < -0.39 is 6.04 Å². The fourth-order valence-electron chi connectivity index (χ4n) is 3.86. The highest BCUT2D eigenvalue weighted by Gasteiger charge is 2.37. The van der Waals surface area contributed by atoms with Crippen molar-refractivity contribution in [2.24, 2.45) is 0 Å². The quantitative estimate of drug-likeness (QED) is 0.742. The Morgan fingerprint density at radius 3 is 2.74 bits per heavy atom. The van der Waals surface area contributed by atoms with E-state index in [9.17, 15) is 14.4 Å². The highest BCUT2D eigenvalue weighted by atomic mass is 32.1. The summed E-state index contributed by atoms with van der Waals surface area (Å²) in [5.74, 6) is 0.610. The number of thiophene rings is 1. The van der Waals surface area contributed by atoms with E-state index in [1.54, 1.807) is 29.2 Å². The molecule has 2 aliphatic heterocycles. The minimum Gasteiger partial charge on any atom is -0.486 e. The zero-order chi connectivity index (χ0) is 21.8. The Morgan fingerprint density at radius 2 is 2.00 bits per heavy atom. The van der Waals surface area contributed by atoms with Gasteiger partial charge in [-0.3, -0.25) is 14.4 Å². The number of hydrogen-bond acceptors (Lipinski definition) is 6. The molecular weight excluding hydrogens is 418 g/mol. The van der Waals surface area contributed by atoms with E-state index in [1.165, 1.54) is 16.2 Å². The predicted molar refractivity (Wildman–Crippen MR) is 117 cm³/mol. The van der Waals surface area contributed by atoms with Gasteiger partial charge in [0.1, 0.15) is 19.3 Å². The van der Waals surface area contributed by atoms with Crippen LogP contribution >= 0.6 is 11.3 Å². The third-order valence-corrected chi connectivity index (χ3v) is 6.24. The number of hydrogen-bond donors (Lipinski definition) is 1. The Bertz CT molecular complexity index is 962. The summed E-state index contributed by atoms with van der Waals surface area (Å²) in [4.78, 5) is 42.3. The number of likely N-dealkylation sites (N-methyl/N-ethyl adjacent to an activating group) is 1. The van der Waals surface area contributed by atoms with Crippen molar-refractivity contribution in [1.29, 1.82) is 0 Å². The highest BCUT2D eigenvalue weighted by molar-refractivity contribution is 7.12. The molecule has 1 aromatic heterocycles. The van der Waals surface area contributed by atoms with Crippen LogP contribution in [0.5, 0.6) is 11.5 Å². The molecule has 1 fully saturated rings. The summed E-state index contributed by atoms with van der Waals surface area (Å²) in [6, 6.07) is 8.26. The maximum Gasteiger partial charge on any atom is 0.264 e. The number of rotatable bonds is 6. The fraction of sp³-hybridized carbons (Fsp3) is 0.409. The van der Waals surface area contributed by atoms with E-state index in [1.807, 2.05) is 18.4 Å². The van der Waals surface area contributed by atoms with E-state index in [2.05, 4.69) is 5.32 Å². The molecule has 2 aromatic rings. The van der Waals surface area contributed by atoms with Crippen molar-refractivity contribution >= 4 is 34.7 Å². The number of benzene rings is 1. The van der Waals surface area contributed by atoms with Gasteiger partial charge in [-0.25, -0.2) is 0 Å². The zero-order valence-corrected chi connectivity index (χ0v) is 18.2. The average molecular weight is 444 g/mol. The van der Waals surface area contributed by atoms with E-state index in [4.69, 9.17) is 9.47 Å². The topological polar surface area (TPSA) is 88.2 Å². The maximum absolute atomic E-state index is 13.2. The molecule has 3 amide bonds. The first-order chi connectivity index (χ1) is 15.1. The molecule has 0 radical (unpaired) electrons. The monoisotopic (exact) mass is 443 g/mol. The van der Waals surface area contributed by atoms with Crippen LogP contribution in [0, 0.1) is 0 Å². The lowest BCUT2D eigenvalue weighted by Crippen LogP contribution is -2.49. The van der Waals surface area contributed by atoms with Gasteiger partial charge in [-0.2, -0.15) is 0 Å². The number of ether oxygens (including phenoxy) is 2. The predicted octanol–water partition coefficient (Wildman–Crippen LogP) is 2.61. The lowest BCUT2D eigenvalue weighted by Gasteiger charge is -2.29. The first-order valence-electron chi connectivity index (χ1n) is 10.4. The molecule has 0 bridgehead atoms. The number of anilines is 1. The fourth-order valence-corrected chi connectivity index (χ4v) is 4.54. The third-order valence-electron chi connectivity index (χ3n) is 5.38. The summed E-state index contributed by atoms with van der Waals surface area (Å²) >= 11 is 1.37. The van der Waals surface area contributed by atoms with Gasteiger partial charge in [0.05, 0.1) is 11.4 Å². The number of amides is 3. The number of carbonyl (C=O) groups is 3. The second-order valence-electron chi connectivity index (χ2n) is 7.39. The SMILES string of the molecule is CCN(CC(=O)Nc1ccc2c(c1)OCCO2)C(=O)C1CCCN1C(=O)c1cccs1. The molecule has 1 atom stereocenters. The van der Waals surface area contributed by atoms with Crippen molar-refractivity contribution in [2.45, 2.75) is 25.8 Å². The lowest BCUT2D eigenvalue weighted by atomic mass is 10.2. The average Bonchev–Trinajstić information content (AvgIpc) is 3.49. The smallest absolute Gasteiger partial charge is 0.264 e. The van der Waals surface area contributed by atoms with Gasteiger partial charge in [0.2, 0.25) is 11.8 Å². The van der Waals surface area contributed by atoms with E-state index in [-0.39, 0.29) is 24.3 Å². The molecular formula is C22H25N3O5S. The normalized spacial score (nSPS) is 17.3. The van der Waals surface area contributed by atoms with Crippen LogP contribution in [0.15, 0.2) is 35.7 Å². The van der Waals surface area contributed by atoms with Gasteiger partial charge in [0, 0.05) is 24.8 Å². The van der Waals surface area contributed by atoms with Crippen molar-refractivity contribution in [3.8, 4) is 11.5 Å². The molecule has 0 aliphatic carbocycles. The largest absolute Gasteiger partial charge is 0.486 e. The van der Waals surface area contributed by atoms with Crippen LogP contribution < -0.4 is 14.8 Å². The summed E-state index contributed by atoms with van der Waals surface area (Å²) in [6.07, 6.45) is 1.38. The van der Waals surface area contributed by atoms with Gasteiger partial charge in [-0.05, 0) is 43.3 Å². The molecule has 3 heterocycles. The Kier molecular flexibility index (Phi) is 6.41. The van der Waals surface area contributed by atoms with Crippen LogP contribution in [0.4, 0.5) is 5.69 Å². The molecule has 4 rings (SSSR count). The Hall–Kier alpha value is -3.07. The summed E-state index contributed by atoms with van der Waals surface area (Å²) in [7, 11) is 0. The van der Waals surface area contributed by atoms with Gasteiger partial charge in [0.15, 0.2) is 11.5 Å². The Balaban J connectivity index is 1.39. The first kappa shape index (κ1) is 21.2. The van der Waals surface area contributed by atoms with Gasteiger partial charge < -0.3 is 24.6 Å². The molecule has 9 heteroatoms. The molecule has 0 saturated carbocycles. The summed E-state index contributed by atoms with van der Waals surface area (Å²) in [6.45, 7) is 3.64. The van der Waals surface area contributed by atoms with Crippen molar-refractivity contribution in [3.05, 3.63) is 40.6 Å². The van der Waals surface area contributed by atoms with Gasteiger partial charge in [-0.15, -0.1) is 11.3 Å². The van der Waals surface area contributed by atoms with E-state index in [0.29, 0.717) is 54.8 Å². The highest BCUT2D eigenvalue weighted by Crippen LogP contribution is 2.32. The Morgan fingerprint density at radius 1 is 1.19 bits per heavy atom. The van der Waals surface area contributed by atoms with Crippen LogP contribution in [0.2, 0.25) is 0 Å². The zero-order valence-electron chi connectivity index (χ0n) is 17.3. The van der Waals surface area contributed by atoms with Crippen molar-refractivity contribution in [2.75, 3.05) is 38.2 Å². The van der Waals surface area contributed by atoms with Crippen LogP contribution in [0.25, 0.3) is 0 Å². The molecule has 1 unspecified atom stereocenters. The van der Waals surface area contributed by atoms with E-state index in [0.717, 1.165) is 6.42 Å². The molecule has 0 spiro atoms. The minimum absolute atomic E-state index is 0.0820. The molecule has 8 nitrogen and oxygen atoms in total. The summed E-state index contributed by atoms with van der Waals surface area (Å²) in [5, 5.41) is 4.66. The minimum atomic E-state index is -0.531. The molecule has 1 aromatic carbocycles. The lowest BCUT2D eigenvalue weighted by molar-refractivity contribution is -0.137. The Labute approximate surface area is 184 Å². The van der Waals surface area contributed by atoms with Crippen molar-refractivity contribution < 1.29 is 23.9 Å². The second-order valence-corrected chi connectivity index (χ2v) is 8.34. The van der Waals surface area contributed by atoms with Crippen LogP contribution in [-0.2, 0) is 9.59 Å². The van der Waals surface area contributed by atoms with Gasteiger partial charge in [0.25, 0.3) is 5.91 Å². The van der Waals surface area contributed by atoms with Crippen LogP contribution in [-0.4, -0.2) is 66.4 Å². The van der Waals surface area contributed by atoms with Crippen LogP contribution in [0.3, 0.4) is 0 Å². The summed E-state index contributed by atoms with van der Waals surface area (Å²) in [5.41, 5.74) is 0.577. The standard InChI is InChI=1S/C22H25N3O5S/c1-2-24(14-20(26)23-15-7-8-17-18(13-15)30-11-10-29-17)21(27)16-5-3-9-25(16)22(28)19-6-4-12-31-19/h4,6-8,12-13,16H,2-3,5,9-11,14H2,1H3,(H,23,26). The number of fused-ring (bicyclic) bond motifs is 1. The second kappa shape index (κ2) is 9.38. The number of carbonyl (C=O) groups excluding carboxylic acids is 3. The molecule has 1 N–H and O–H groups in total. The van der Waals surface area contributed by atoms with Crippen LogP contribution in [0.1, 0.15) is 29.4 Å². The number of nitrogens with one attached hydrogen (secondary N) is 1. The summed E-state index contributed by atoms with van der Waals surface area (Å²) < 4.78 is 11.0. The van der Waals surface area contributed by atoms with Gasteiger partial charge in [-0.1, -0.05) is 6.07 Å². The van der Waals surface area contributed by atoms with E-state index >= 15 is 0 Å². The van der Waals surface area contributed by atoms with Crippen molar-refractivity contribution in [1.82, 2.24) is 9.80 Å². The molecule has 164 valence electrons. The van der Waals surface area contributed by atoms with Gasteiger partial charge >= 0.3 is 0 Å². The van der Waals surface area contributed by atoms with Crippen molar-refractivity contribution in [3.63, 3.8) is 0 Å². The number of nitrogens with zero attached hydrogens (tertiary/aromatic N) is 2. The maximum atomic E-state index is 13.2. The molecule has 1 saturated heterocycles. The molecule has 2 aliphatic rings. The molecule has 31 heavy (non-hydrogen) atoms. The number of likely N-dealkylation sites (tertiary alicyclic amines) is 1. The third kappa shape index (κ3) is 4.66. The first-order valence-corrected chi connectivity index (χ1v) is 11.3.